The minimum atomic E-state index is -0.370. The van der Waals surface area contributed by atoms with E-state index in [0.717, 1.165) is 22.4 Å². The second-order valence-electron chi connectivity index (χ2n) is 9.00. The maximum absolute atomic E-state index is 12.9. The summed E-state index contributed by atoms with van der Waals surface area (Å²) >= 11 is 0. The van der Waals surface area contributed by atoms with Gasteiger partial charge in [-0.25, -0.2) is 4.79 Å². The molecule has 186 valence electrons. The fourth-order valence-electron chi connectivity index (χ4n) is 4.46. The van der Waals surface area contributed by atoms with Gasteiger partial charge in [0.25, 0.3) is 0 Å². The molecule has 0 spiro atoms. The number of methoxy groups -OCH3 is 1. The molecule has 0 bridgehead atoms. The molecule has 1 unspecified atom stereocenters. The monoisotopic (exact) mass is 491 g/mol. The third kappa shape index (κ3) is 6.79. The Morgan fingerprint density at radius 1 is 0.703 bits per heavy atom. The molecule has 37 heavy (non-hydrogen) atoms. The summed E-state index contributed by atoms with van der Waals surface area (Å²) in [5, 5.41) is 2.84. The number of anilines is 1. The van der Waals surface area contributed by atoms with Gasteiger partial charge in [0.15, 0.2) is 5.78 Å². The summed E-state index contributed by atoms with van der Waals surface area (Å²) in [4.78, 5) is 36.5. The number of rotatable bonds is 9. The molecule has 4 rings (SSSR count). The highest BCUT2D eigenvalue weighted by atomic mass is 16.5. The number of carbonyl (C=O) groups is 3. The minimum Gasteiger partial charge on any atom is -0.465 e. The van der Waals surface area contributed by atoms with Crippen LogP contribution in [0.5, 0.6) is 0 Å². The molecule has 0 aliphatic heterocycles. The van der Waals surface area contributed by atoms with Gasteiger partial charge in [-0.3, -0.25) is 9.59 Å². The van der Waals surface area contributed by atoms with E-state index in [0.29, 0.717) is 29.5 Å². The zero-order chi connectivity index (χ0) is 26.2. The Morgan fingerprint density at radius 2 is 1.30 bits per heavy atom. The smallest absolute Gasteiger partial charge is 0.337 e. The fourth-order valence-corrected chi connectivity index (χ4v) is 4.46. The van der Waals surface area contributed by atoms with Crippen molar-refractivity contribution in [3.63, 3.8) is 0 Å². The van der Waals surface area contributed by atoms with E-state index in [4.69, 9.17) is 4.74 Å². The van der Waals surface area contributed by atoms with Gasteiger partial charge in [-0.1, -0.05) is 78.9 Å². The minimum absolute atomic E-state index is 0.0162. The van der Waals surface area contributed by atoms with Gasteiger partial charge >= 0.3 is 5.97 Å². The molecule has 0 aliphatic rings. The lowest BCUT2D eigenvalue weighted by Gasteiger charge is -2.19. The van der Waals surface area contributed by atoms with Crippen LogP contribution < -0.4 is 5.32 Å². The SMILES string of the molecule is COC(=O)c1cccc(CC(Cc2cccc(NC(C)=O)c2)c2ccc(C(=O)c3ccccc3)cc2)c1. The van der Waals surface area contributed by atoms with Crippen molar-refractivity contribution >= 4 is 23.3 Å². The number of hydrogen-bond donors (Lipinski definition) is 1. The molecule has 5 nitrogen and oxygen atoms in total. The van der Waals surface area contributed by atoms with Crippen LogP contribution >= 0.6 is 0 Å². The number of ether oxygens (including phenoxy) is 1. The van der Waals surface area contributed by atoms with Crippen LogP contribution in [0.1, 0.15) is 55.8 Å². The number of nitrogens with one attached hydrogen (secondary N) is 1. The van der Waals surface area contributed by atoms with Crippen LogP contribution in [-0.4, -0.2) is 24.8 Å². The first kappa shape index (κ1) is 25.6. The van der Waals surface area contributed by atoms with Crippen LogP contribution in [0.2, 0.25) is 0 Å². The zero-order valence-corrected chi connectivity index (χ0v) is 20.9. The zero-order valence-electron chi connectivity index (χ0n) is 20.9. The molecule has 1 atom stereocenters. The van der Waals surface area contributed by atoms with Crippen molar-refractivity contribution in [3.05, 3.63) is 137 Å². The van der Waals surface area contributed by atoms with Crippen molar-refractivity contribution in [1.82, 2.24) is 0 Å². The van der Waals surface area contributed by atoms with Crippen molar-refractivity contribution in [2.45, 2.75) is 25.7 Å². The highest BCUT2D eigenvalue weighted by Crippen LogP contribution is 2.28. The van der Waals surface area contributed by atoms with Gasteiger partial charge in [-0.15, -0.1) is 0 Å². The third-order valence-electron chi connectivity index (χ3n) is 6.24. The average molecular weight is 492 g/mol. The molecule has 4 aromatic carbocycles. The third-order valence-corrected chi connectivity index (χ3v) is 6.24. The molecular weight excluding hydrogens is 462 g/mol. The van der Waals surface area contributed by atoms with E-state index in [1.54, 1.807) is 6.07 Å². The first-order valence-electron chi connectivity index (χ1n) is 12.2. The topological polar surface area (TPSA) is 72.5 Å². The highest BCUT2D eigenvalue weighted by molar-refractivity contribution is 6.08. The maximum atomic E-state index is 12.9. The Kier molecular flexibility index (Phi) is 8.26. The highest BCUT2D eigenvalue weighted by Gasteiger charge is 2.17. The normalized spacial score (nSPS) is 11.4. The van der Waals surface area contributed by atoms with Gasteiger partial charge in [0.05, 0.1) is 12.7 Å². The molecule has 0 aliphatic carbocycles. The van der Waals surface area contributed by atoms with Crippen LogP contribution in [0.15, 0.2) is 103 Å². The van der Waals surface area contributed by atoms with Crippen molar-refractivity contribution in [2.24, 2.45) is 0 Å². The van der Waals surface area contributed by atoms with Crippen molar-refractivity contribution in [2.75, 3.05) is 12.4 Å². The molecule has 1 amide bonds. The van der Waals surface area contributed by atoms with Crippen molar-refractivity contribution in [1.29, 1.82) is 0 Å². The van der Waals surface area contributed by atoms with E-state index in [1.165, 1.54) is 14.0 Å². The first-order valence-corrected chi connectivity index (χ1v) is 12.2. The Hall–Kier alpha value is -4.51. The fraction of sp³-hybridized carbons (Fsp3) is 0.156. The number of hydrogen-bond acceptors (Lipinski definition) is 4. The van der Waals surface area contributed by atoms with E-state index in [-0.39, 0.29) is 23.6 Å². The van der Waals surface area contributed by atoms with Crippen LogP contribution in [-0.2, 0) is 22.4 Å². The van der Waals surface area contributed by atoms with Crippen LogP contribution in [0.3, 0.4) is 0 Å². The van der Waals surface area contributed by atoms with Crippen LogP contribution in [0, 0.1) is 0 Å². The summed E-state index contributed by atoms with van der Waals surface area (Å²) < 4.78 is 4.89. The standard InChI is InChI=1S/C32H29NO4/c1-22(34)33-30-13-7-9-24(21-30)20-29(19-23-8-6-12-28(18-23)32(36)37-2)25-14-16-27(17-15-25)31(35)26-10-4-3-5-11-26/h3-18,21,29H,19-20H2,1-2H3,(H,33,34). The van der Waals surface area contributed by atoms with Gasteiger partial charge in [0, 0.05) is 23.7 Å². The Labute approximate surface area is 217 Å². The Bertz CT molecular complexity index is 1390. The van der Waals surface area contributed by atoms with Gasteiger partial charge in [-0.05, 0) is 59.7 Å². The number of amides is 1. The first-order chi connectivity index (χ1) is 17.9. The molecule has 0 fully saturated rings. The second kappa shape index (κ2) is 12.0. The lowest BCUT2D eigenvalue weighted by Crippen LogP contribution is -2.10. The Morgan fingerprint density at radius 3 is 1.95 bits per heavy atom. The summed E-state index contributed by atoms with van der Waals surface area (Å²) in [6.45, 7) is 1.49. The Balaban J connectivity index is 1.63. The lowest BCUT2D eigenvalue weighted by molar-refractivity contribution is -0.114. The summed E-state index contributed by atoms with van der Waals surface area (Å²) in [6.07, 6.45) is 1.39. The summed E-state index contributed by atoms with van der Waals surface area (Å²) in [6, 6.07) is 32.3. The molecular formula is C32H29NO4. The maximum Gasteiger partial charge on any atom is 0.337 e. The largest absolute Gasteiger partial charge is 0.465 e. The lowest BCUT2D eigenvalue weighted by atomic mass is 9.85. The summed E-state index contributed by atoms with van der Waals surface area (Å²) in [7, 11) is 1.37. The quantitative estimate of drug-likeness (QED) is 0.222. The average Bonchev–Trinajstić information content (AvgIpc) is 2.92. The van der Waals surface area contributed by atoms with Gasteiger partial charge < -0.3 is 10.1 Å². The second-order valence-corrected chi connectivity index (χ2v) is 9.00. The molecule has 0 radical (unpaired) electrons. The number of ketones is 1. The number of esters is 1. The predicted octanol–water partition coefficient (Wildman–Crippen LogP) is 6.23. The van der Waals surface area contributed by atoms with E-state index in [9.17, 15) is 14.4 Å². The summed E-state index contributed by atoms with van der Waals surface area (Å²) in [5.41, 5.74) is 5.71. The number of carbonyl (C=O) groups excluding carboxylic acids is 3. The van der Waals surface area contributed by atoms with Gasteiger partial charge in [0.2, 0.25) is 5.91 Å². The van der Waals surface area contributed by atoms with E-state index in [1.807, 2.05) is 97.1 Å². The number of benzene rings is 4. The molecule has 0 saturated carbocycles. The molecule has 4 aromatic rings. The van der Waals surface area contributed by atoms with Crippen molar-refractivity contribution in [3.8, 4) is 0 Å². The molecule has 0 aromatic heterocycles. The van der Waals surface area contributed by atoms with Crippen molar-refractivity contribution < 1.29 is 19.1 Å². The molecule has 5 heteroatoms. The van der Waals surface area contributed by atoms with Crippen LogP contribution in [0.4, 0.5) is 5.69 Å². The molecule has 0 heterocycles. The van der Waals surface area contributed by atoms with Gasteiger partial charge in [0.1, 0.15) is 0 Å². The molecule has 1 N–H and O–H groups in total. The summed E-state index contributed by atoms with van der Waals surface area (Å²) in [5.74, 6) is -0.434. The molecule has 0 saturated heterocycles. The van der Waals surface area contributed by atoms with E-state index in [2.05, 4.69) is 5.32 Å². The van der Waals surface area contributed by atoms with E-state index < -0.39 is 0 Å². The van der Waals surface area contributed by atoms with Gasteiger partial charge in [-0.2, -0.15) is 0 Å². The van der Waals surface area contributed by atoms with E-state index >= 15 is 0 Å². The predicted molar refractivity (Wildman–Crippen MR) is 145 cm³/mol. The van der Waals surface area contributed by atoms with Crippen LogP contribution in [0.25, 0.3) is 0 Å².